The van der Waals surface area contributed by atoms with Crippen molar-refractivity contribution in [2.24, 2.45) is 0 Å². The van der Waals surface area contributed by atoms with Gasteiger partial charge in [0.25, 0.3) is 0 Å². The molecular formula is C17H27N3O3S. The van der Waals surface area contributed by atoms with Gasteiger partial charge in [-0.2, -0.15) is 0 Å². The number of amides is 1. The highest BCUT2D eigenvalue weighted by molar-refractivity contribution is 7.88. The van der Waals surface area contributed by atoms with Crippen molar-refractivity contribution in [3.63, 3.8) is 0 Å². The van der Waals surface area contributed by atoms with Crippen LogP contribution in [0.2, 0.25) is 0 Å². The van der Waals surface area contributed by atoms with Gasteiger partial charge in [0.15, 0.2) is 0 Å². The molecule has 1 saturated heterocycles. The van der Waals surface area contributed by atoms with Gasteiger partial charge in [0, 0.05) is 33.2 Å². The number of benzene rings is 1. The Balaban J connectivity index is 1.89. The van der Waals surface area contributed by atoms with Gasteiger partial charge >= 0.3 is 0 Å². The first-order valence-electron chi connectivity index (χ1n) is 8.23. The van der Waals surface area contributed by atoms with Crippen molar-refractivity contribution in [2.45, 2.75) is 19.9 Å². The van der Waals surface area contributed by atoms with E-state index in [4.69, 9.17) is 0 Å². The van der Waals surface area contributed by atoms with Crippen LogP contribution in [0.3, 0.4) is 0 Å². The first kappa shape index (κ1) is 18.9. The van der Waals surface area contributed by atoms with E-state index in [2.05, 4.69) is 0 Å². The van der Waals surface area contributed by atoms with Crippen LogP contribution in [-0.2, 0) is 21.4 Å². The minimum absolute atomic E-state index is 0.0612. The summed E-state index contributed by atoms with van der Waals surface area (Å²) < 4.78 is 24.8. The molecule has 0 atom stereocenters. The standard InChI is InChI=1S/C17H27N3O3S/c1-15-7-4-5-8-16(15)13-18(2)17(21)14-19-9-6-10-20(12-11-19)24(3,22)23/h4-5,7-8H,6,9-14H2,1-3H3. The van der Waals surface area contributed by atoms with E-state index in [1.807, 2.05) is 43.1 Å². The van der Waals surface area contributed by atoms with E-state index in [-0.39, 0.29) is 5.91 Å². The van der Waals surface area contributed by atoms with E-state index in [0.717, 1.165) is 18.5 Å². The van der Waals surface area contributed by atoms with Crippen LogP contribution in [0.4, 0.5) is 0 Å². The van der Waals surface area contributed by atoms with Gasteiger partial charge in [-0.15, -0.1) is 0 Å². The van der Waals surface area contributed by atoms with Gasteiger partial charge in [0.2, 0.25) is 15.9 Å². The first-order valence-corrected chi connectivity index (χ1v) is 10.1. The SMILES string of the molecule is Cc1ccccc1CN(C)C(=O)CN1CCCN(S(C)(=O)=O)CC1. The maximum Gasteiger partial charge on any atom is 0.236 e. The fourth-order valence-electron chi connectivity index (χ4n) is 2.88. The number of aryl methyl sites for hydroxylation is 1. The Kier molecular flexibility index (Phi) is 6.37. The highest BCUT2D eigenvalue weighted by Crippen LogP contribution is 2.11. The van der Waals surface area contributed by atoms with Crippen molar-refractivity contribution in [3.05, 3.63) is 35.4 Å². The zero-order chi connectivity index (χ0) is 17.7. The lowest BCUT2D eigenvalue weighted by Gasteiger charge is -2.24. The molecule has 0 saturated carbocycles. The second-order valence-corrected chi connectivity index (χ2v) is 8.45. The highest BCUT2D eigenvalue weighted by atomic mass is 32.2. The average molecular weight is 353 g/mol. The van der Waals surface area contributed by atoms with Crippen molar-refractivity contribution in [3.8, 4) is 0 Å². The number of likely N-dealkylation sites (N-methyl/N-ethyl adjacent to an activating group) is 1. The maximum atomic E-state index is 12.5. The predicted molar refractivity (Wildman–Crippen MR) is 95.1 cm³/mol. The Labute approximate surface area is 145 Å². The van der Waals surface area contributed by atoms with Gasteiger partial charge in [-0.3, -0.25) is 9.69 Å². The minimum Gasteiger partial charge on any atom is -0.340 e. The second-order valence-electron chi connectivity index (χ2n) is 6.47. The highest BCUT2D eigenvalue weighted by Gasteiger charge is 2.23. The first-order chi connectivity index (χ1) is 11.3. The smallest absolute Gasteiger partial charge is 0.236 e. The molecule has 2 rings (SSSR count). The largest absolute Gasteiger partial charge is 0.340 e. The minimum atomic E-state index is -3.15. The predicted octanol–water partition coefficient (Wildman–Crippen LogP) is 0.921. The number of hydrogen-bond acceptors (Lipinski definition) is 4. The lowest BCUT2D eigenvalue weighted by Crippen LogP contribution is -2.40. The van der Waals surface area contributed by atoms with Crippen LogP contribution in [0.1, 0.15) is 17.5 Å². The topological polar surface area (TPSA) is 60.9 Å². The molecule has 1 aliphatic rings. The molecule has 1 fully saturated rings. The molecule has 1 amide bonds. The molecule has 1 heterocycles. The summed E-state index contributed by atoms with van der Waals surface area (Å²) in [5, 5.41) is 0. The molecule has 0 radical (unpaired) electrons. The van der Waals surface area contributed by atoms with E-state index >= 15 is 0 Å². The molecule has 1 aliphatic heterocycles. The zero-order valence-electron chi connectivity index (χ0n) is 14.7. The summed E-state index contributed by atoms with van der Waals surface area (Å²) in [7, 11) is -1.34. The number of nitrogens with zero attached hydrogens (tertiary/aromatic N) is 3. The Hall–Kier alpha value is -1.44. The Morgan fingerprint density at radius 2 is 1.88 bits per heavy atom. The maximum absolute atomic E-state index is 12.5. The Bertz CT molecular complexity index is 675. The fourth-order valence-corrected chi connectivity index (χ4v) is 3.75. The third-order valence-corrected chi connectivity index (χ3v) is 5.77. The molecule has 0 aromatic heterocycles. The lowest BCUT2D eigenvalue weighted by atomic mass is 10.1. The summed E-state index contributed by atoms with van der Waals surface area (Å²) in [5.74, 6) is 0.0612. The van der Waals surface area contributed by atoms with Crippen LogP contribution in [0, 0.1) is 6.92 Å². The molecule has 0 aliphatic carbocycles. The molecule has 134 valence electrons. The summed E-state index contributed by atoms with van der Waals surface area (Å²) in [6.45, 7) is 5.29. The van der Waals surface area contributed by atoms with Gasteiger partial charge in [-0.05, 0) is 31.0 Å². The molecule has 0 unspecified atom stereocenters. The van der Waals surface area contributed by atoms with Crippen LogP contribution in [0.5, 0.6) is 0 Å². The van der Waals surface area contributed by atoms with Crippen LogP contribution >= 0.6 is 0 Å². The van der Waals surface area contributed by atoms with Gasteiger partial charge in [0.1, 0.15) is 0 Å². The molecular weight excluding hydrogens is 326 g/mol. The molecule has 0 N–H and O–H groups in total. The molecule has 6 nitrogen and oxygen atoms in total. The van der Waals surface area contributed by atoms with Gasteiger partial charge in [-0.25, -0.2) is 12.7 Å². The normalized spacial score (nSPS) is 17.5. The van der Waals surface area contributed by atoms with Crippen LogP contribution in [0.15, 0.2) is 24.3 Å². The van der Waals surface area contributed by atoms with Crippen LogP contribution in [-0.4, -0.2) is 74.5 Å². The third-order valence-electron chi connectivity index (χ3n) is 4.47. The molecule has 0 bridgehead atoms. The zero-order valence-corrected chi connectivity index (χ0v) is 15.6. The molecule has 7 heteroatoms. The third kappa shape index (κ3) is 5.29. The summed E-state index contributed by atoms with van der Waals surface area (Å²) in [4.78, 5) is 16.3. The van der Waals surface area contributed by atoms with E-state index in [9.17, 15) is 13.2 Å². The van der Waals surface area contributed by atoms with Crippen LogP contribution < -0.4 is 0 Å². The summed E-state index contributed by atoms with van der Waals surface area (Å²) in [6.07, 6.45) is 1.99. The number of carbonyl (C=O) groups excluding carboxylic acids is 1. The van der Waals surface area contributed by atoms with Crippen molar-refractivity contribution in [1.29, 1.82) is 0 Å². The summed E-state index contributed by atoms with van der Waals surface area (Å²) >= 11 is 0. The van der Waals surface area contributed by atoms with Crippen molar-refractivity contribution >= 4 is 15.9 Å². The van der Waals surface area contributed by atoms with Crippen LogP contribution in [0.25, 0.3) is 0 Å². The summed E-state index contributed by atoms with van der Waals surface area (Å²) in [6, 6.07) is 8.05. The van der Waals surface area contributed by atoms with E-state index in [0.29, 0.717) is 32.7 Å². The van der Waals surface area contributed by atoms with Crippen molar-refractivity contribution < 1.29 is 13.2 Å². The summed E-state index contributed by atoms with van der Waals surface area (Å²) in [5.41, 5.74) is 2.32. The molecule has 1 aromatic carbocycles. The Morgan fingerprint density at radius 3 is 2.54 bits per heavy atom. The van der Waals surface area contributed by atoms with Gasteiger partial charge < -0.3 is 4.90 Å². The monoisotopic (exact) mass is 353 g/mol. The van der Waals surface area contributed by atoms with Crippen molar-refractivity contribution in [1.82, 2.24) is 14.1 Å². The second kappa shape index (κ2) is 8.09. The molecule has 0 spiro atoms. The van der Waals surface area contributed by atoms with E-state index in [1.165, 1.54) is 16.1 Å². The number of rotatable bonds is 5. The van der Waals surface area contributed by atoms with E-state index < -0.39 is 10.0 Å². The number of sulfonamides is 1. The average Bonchev–Trinajstić information content (AvgIpc) is 2.75. The van der Waals surface area contributed by atoms with Gasteiger partial charge in [-0.1, -0.05) is 24.3 Å². The quantitative estimate of drug-likeness (QED) is 0.790. The molecule has 1 aromatic rings. The fraction of sp³-hybridized carbons (Fsp3) is 0.588. The lowest BCUT2D eigenvalue weighted by molar-refractivity contribution is -0.131. The van der Waals surface area contributed by atoms with Crippen molar-refractivity contribution in [2.75, 3.05) is 46.0 Å². The van der Waals surface area contributed by atoms with Gasteiger partial charge in [0.05, 0.1) is 12.8 Å². The molecule has 24 heavy (non-hydrogen) atoms. The number of hydrogen-bond donors (Lipinski definition) is 0. The van der Waals surface area contributed by atoms with E-state index in [1.54, 1.807) is 4.90 Å². The Morgan fingerprint density at radius 1 is 1.17 bits per heavy atom. The number of carbonyl (C=O) groups is 1.